The van der Waals surface area contributed by atoms with Crippen molar-refractivity contribution in [2.75, 3.05) is 18.5 Å². The number of hydrogen-bond donors (Lipinski definition) is 2. The molecule has 1 aliphatic rings. The maximum absolute atomic E-state index is 12.0. The van der Waals surface area contributed by atoms with Gasteiger partial charge in [-0.05, 0) is 43.0 Å². The van der Waals surface area contributed by atoms with E-state index in [1.54, 1.807) is 24.3 Å². The van der Waals surface area contributed by atoms with Gasteiger partial charge in [0.2, 0.25) is 0 Å². The van der Waals surface area contributed by atoms with Gasteiger partial charge >= 0.3 is 5.97 Å². The predicted molar refractivity (Wildman–Crippen MR) is 77.4 cm³/mol. The molecule has 1 heterocycles. The van der Waals surface area contributed by atoms with Crippen LogP contribution in [0.25, 0.3) is 0 Å². The van der Waals surface area contributed by atoms with Gasteiger partial charge in [-0.3, -0.25) is 19.3 Å². The zero-order valence-electron chi connectivity index (χ0n) is 11.2. The van der Waals surface area contributed by atoms with Gasteiger partial charge in [-0.1, -0.05) is 0 Å². The Morgan fingerprint density at radius 2 is 2.05 bits per heavy atom. The third-order valence-electron chi connectivity index (χ3n) is 2.69. The number of carboxylic acids is 1. The molecule has 1 fully saturated rings. The molecular weight excluding hydrogens is 296 g/mol. The quantitative estimate of drug-likeness (QED) is 0.824. The van der Waals surface area contributed by atoms with E-state index in [9.17, 15) is 14.4 Å². The van der Waals surface area contributed by atoms with Gasteiger partial charge in [-0.2, -0.15) is 0 Å². The van der Waals surface area contributed by atoms with Crippen LogP contribution < -0.4 is 10.1 Å². The van der Waals surface area contributed by atoms with Crippen molar-refractivity contribution in [3.8, 4) is 5.75 Å². The molecule has 1 aromatic carbocycles. The maximum atomic E-state index is 12.0. The van der Waals surface area contributed by atoms with E-state index < -0.39 is 29.0 Å². The van der Waals surface area contributed by atoms with E-state index in [0.29, 0.717) is 18.0 Å². The van der Waals surface area contributed by atoms with E-state index in [-0.39, 0.29) is 0 Å². The molecule has 8 heteroatoms. The first kappa shape index (κ1) is 15.2. The van der Waals surface area contributed by atoms with Crippen molar-refractivity contribution in [2.24, 2.45) is 0 Å². The number of amides is 2. The van der Waals surface area contributed by atoms with Crippen molar-refractivity contribution < 1.29 is 24.2 Å². The molecule has 1 aliphatic heterocycles. The summed E-state index contributed by atoms with van der Waals surface area (Å²) in [7, 11) is 0. The minimum absolute atomic E-state index is 0.554. The van der Waals surface area contributed by atoms with Crippen LogP contribution in [0.1, 0.15) is 6.92 Å². The van der Waals surface area contributed by atoms with Crippen LogP contribution in [0.15, 0.2) is 24.3 Å². The summed E-state index contributed by atoms with van der Waals surface area (Å²) < 4.78 is 5.30. The lowest BCUT2D eigenvalue weighted by atomic mass is 10.3. The van der Waals surface area contributed by atoms with Gasteiger partial charge in [0.05, 0.1) is 6.61 Å². The van der Waals surface area contributed by atoms with Gasteiger partial charge in [-0.15, -0.1) is 0 Å². The number of imide groups is 1. The summed E-state index contributed by atoms with van der Waals surface area (Å²) in [6.07, 6.45) is 0. The molecule has 1 unspecified atom stereocenters. The van der Waals surface area contributed by atoms with E-state index >= 15 is 0 Å². The molecule has 0 aliphatic carbocycles. The highest BCUT2D eigenvalue weighted by Crippen LogP contribution is 2.28. The lowest BCUT2D eigenvalue weighted by molar-refractivity contribution is -0.141. The van der Waals surface area contributed by atoms with Crippen LogP contribution in [0, 0.1) is 0 Å². The fourth-order valence-electron chi connectivity index (χ4n) is 1.78. The molecule has 2 rings (SSSR count). The first-order valence-electron chi connectivity index (χ1n) is 6.24. The average molecular weight is 310 g/mol. The molecule has 0 radical (unpaired) electrons. The molecule has 0 aromatic heterocycles. The first-order valence-corrected chi connectivity index (χ1v) is 7.12. The highest BCUT2D eigenvalue weighted by atomic mass is 32.2. The van der Waals surface area contributed by atoms with Crippen molar-refractivity contribution in [3.63, 3.8) is 0 Å². The highest BCUT2D eigenvalue weighted by molar-refractivity contribution is 8.15. The summed E-state index contributed by atoms with van der Waals surface area (Å²) in [5.41, 5.74) is 0.647. The Labute approximate surface area is 125 Å². The Hall–Kier alpha value is -2.22. The van der Waals surface area contributed by atoms with E-state index in [0.717, 1.165) is 16.7 Å². The molecule has 7 nitrogen and oxygen atoms in total. The summed E-state index contributed by atoms with van der Waals surface area (Å²) in [5, 5.41) is 10.2. The van der Waals surface area contributed by atoms with Crippen molar-refractivity contribution in [2.45, 2.75) is 12.3 Å². The number of nitrogens with one attached hydrogen (secondary N) is 1. The number of thioether (sulfide) groups is 1. The van der Waals surface area contributed by atoms with E-state index in [1.807, 2.05) is 6.92 Å². The molecule has 1 atom stereocenters. The second kappa shape index (κ2) is 6.49. The molecule has 112 valence electrons. The number of anilines is 1. The van der Waals surface area contributed by atoms with Crippen molar-refractivity contribution in [3.05, 3.63) is 24.3 Å². The SMILES string of the molecule is CCOc1ccc(NC2SC(=O)N(CC(=O)O)C2=O)cc1. The largest absolute Gasteiger partial charge is 0.494 e. The Morgan fingerprint density at radius 3 is 2.62 bits per heavy atom. The molecule has 21 heavy (non-hydrogen) atoms. The fraction of sp³-hybridized carbons (Fsp3) is 0.308. The smallest absolute Gasteiger partial charge is 0.323 e. The van der Waals surface area contributed by atoms with Gasteiger partial charge in [-0.25, -0.2) is 0 Å². The number of ether oxygens (including phenoxy) is 1. The van der Waals surface area contributed by atoms with Crippen LogP contribution in [-0.4, -0.2) is 45.6 Å². The number of carbonyl (C=O) groups is 3. The average Bonchev–Trinajstić information content (AvgIpc) is 2.69. The summed E-state index contributed by atoms with van der Waals surface area (Å²) in [6, 6.07) is 6.94. The van der Waals surface area contributed by atoms with Crippen molar-refractivity contribution >= 4 is 34.6 Å². The molecule has 1 saturated heterocycles. The lowest BCUT2D eigenvalue weighted by Gasteiger charge is -2.13. The van der Waals surface area contributed by atoms with E-state index in [2.05, 4.69) is 5.32 Å². The number of carbonyl (C=O) groups excluding carboxylic acids is 2. The van der Waals surface area contributed by atoms with Gasteiger partial charge in [0, 0.05) is 5.69 Å². The number of aliphatic carboxylic acids is 1. The lowest BCUT2D eigenvalue weighted by Crippen LogP contribution is -2.37. The van der Waals surface area contributed by atoms with Crippen molar-refractivity contribution in [1.82, 2.24) is 4.90 Å². The normalized spacial score (nSPS) is 18.0. The van der Waals surface area contributed by atoms with Crippen LogP contribution in [0.3, 0.4) is 0 Å². The van der Waals surface area contributed by atoms with Gasteiger partial charge in [0.1, 0.15) is 12.3 Å². The van der Waals surface area contributed by atoms with Crippen LogP contribution in [0.2, 0.25) is 0 Å². The van der Waals surface area contributed by atoms with Gasteiger partial charge in [0.25, 0.3) is 11.1 Å². The molecule has 0 saturated carbocycles. The first-order chi connectivity index (χ1) is 10.0. The highest BCUT2D eigenvalue weighted by Gasteiger charge is 2.40. The number of nitrogens with zero attached hydrogens (tertiary/aromatic N) is 1. The molecule has 0 bridgehead atoms. The van der Waals surface area contributed by atoms with E-state index in [1.165, 1.54) is 0 Å². The number of benzene rings is 1. The monoisotopic (exact) mass is 310 g/mol. The topological polar surface area (TPSA) is 95.9 Å². The minimum atomic E-state index is -1.22. The zero-order chi connectivity index (χ0) is 15.4. The second-order valence-electron chi connectivity index (χ2n) is 4.18. The maximum Gasteiger partial charge on any atom is 0.323 e. The molecular formula is C13H14N2O5S. The summed E-state index contributed by atoms with van der Waals surface area (Å²) in [5.74, 6) is -1.07. The zero-order valence-corrected chi connectivity index (χ0v) is 12.1. The number of hydrogen-bond acceptors (Lipinski definition) is 6. The van der Waals surface area contributed by atoms with Crippen molar-refractivity contribution in [1.29, 1.82) is 0 Å². The molecule has 0 spiro atoms. The third kappa shape index (κ3) is 3.66. The van der Waals surface area contributed by atoms with Gasteiger partial charge < -0.3 is 15.2 Å². The molecule has 1 aromatic rings. The predicted octanol–water partition coefficient (Wildman–Crippen LogP) is 1.60. The summed E-state index contributed by atoms with van der Waals surface area (Å²) >= 11 is 0.765. The minimum Gasteiger partial charge on any atom is -0.494 e. The summed E-state index contributed by atoms with van der Waals surface area (Å²) in [6.45, 7) is 1.82. The Kier molecular flexibility index (Phi) is 4.69. The second-order valence-corrected chi connectivity index (χ2v) is 5.24. The number of rotatable bonds is 6. The molecule has 2 amide bonds. The van der Waals surface area contributed by atoms with Crippen LogP contribution in [0.4, 0.5) is 10.5 Å². The Bertz CT molecular complexity index is 560. The van der Waals surface area contributed by atoms with E-state index in [4.69, 9.17) is 9.84 Å². The molecule has 2 N–H and O–H groups in total. The van der Waals surface area contributed by atoms with Gasteiger partial charge in [0.15, 0.2) is 5.37 Å². The van der Waals surface area contributed by atoms with Crippen LogP contribution >= 0.6 is 11.8 Å². The standard InChI is InChI=1S/C13H14N2O5S/c1-2-20-9-5-3-8(4-6-9)14-11-12(18)15(7-10(16)17)13(19)21-11/h3-6,11,14H,2,7H2,1H3,(H,16,17). The third-order valence-corrected chi connectivity index (χ3v) is 3.66. The van der Waals surface area contributed by atoms with Crippen LogP contribution in [0.5, 0.6) is 5.75 Å². The fourth-order valence-corrected chi connectivity index (χ4v) is 2.69. The Morgan fingerprint density at radius 1 is 1.38 bits per heavy atom. The Balaban J connectivity index is 2.01. The number of carboxylic acid groups (broad SMARTS) is 1. The van der Waals surface area contributed by atoms with Crippen LogP contribution in [-0.2, 0) is 9.59 Å². The summed E-state index contributed by atoms with van der Waals surface area (Å²) in [4.78, 5) is 34.9.